The number of amides is 1. The summed E-state index contributed by atoms with van der Waals surface area (Å²) in [6, 6.07) is 21.4. The number of rotatable bonds is 6. The first-order chi connectivity index (χ1) is 11.8. The van der Waals surface area contributed by atoms with E-state index in [-0.39, 0.29) is 5.91 Å². The van der Waals surface area contributed by atoms with Gasteiger partial charge in [0.2, 0.25) is 0 Å². The fourth-order valence-corrected chi connectivity index (χ4v) is 2.60. The maximum absolute atomic E-state index is 12.8. The van der Waals surface area contributed by atoms with Gasteiger partial charge >= 0.3 is 0 Å². The zero-order valence-electron chi connectivity index (χ0n) is 13.7. The lowest BCUT2D eigenvalue weighted by molar-refractivity contribution is 0.0733. The Bertz CT molecular complexity index is 782. The third kappa shape index (κ3) is 3.71. The summed E-state index contributed by atoms with van der Waals surface area (Å²) in [6.07, 6.45) is 0.891. The van der Waals surface area contributed by atoms with Crippen LogP contribution in [-0.4, -0.2) is 22.5 Å². The smallest absolute Gasteiger partial charge is 0.276 e. The molecule has 4 nitrogen and oxygen atoms in total. The first kappa shape index (κ1) is 16.0. The predicted octanol–water partition coefficient (Wildman–Crippen LogP) is 4.39. The van der Waals surface area contributed by atoms with E-state index in [1.54, 1.807) is 6.07 Å². The highest BCUT2D eigenvalue weighted by Gasteiger charge is 2.20. The fraction of sp³-hybridized carbons (Fsp3) is 0.200. The molecule has 0 aliphatic rings. The number of aromatic nitrogens is 1. The minimum Gasteiger partial charge on any atom is -0.355 e. The van der Waals surface area contributed by atoms with E-state index in [1.807, 2.05) is 65.6 Å². The van der Waals surface area contributed by atoms with Crippen LogP contribution in [0.4, 0.5) is 0 Å². The molecule has 0 saturated heterocycles. The second-order valence-electron chi connectivity index (χ2n) is 5.65. The van der Waals surface area contributed by atoms with Crippen molar-refractivity contribution in [3.63, 3.8) is 0 Å². The van der Waals surface area contributed by atoms with Crippen LogP contribution in [0.1, 0.15) is 29.4 Å². The highest BCUT2D eigenvalue weighted by molar-refractivity contribution is 5.93. The van der Waals surface area contributed by atoms with Gasteiger partial charge in [-0.25, -0.2) is 0 Å². The third-order valence-electron chi connectivity index (χ3n) is 3.78. The molecule has 0 fully saturated rings. The van der Waals surface area contributed by atoms with Crippen molar-refractivity contribution >= 4 is 5.91 Å². The normalized spacial score (nSPS) is 10.5. The molecule has 0 radical (unpaired) electrons. The van der Waals surface area contributed by atoms with Crippen LogP contribution in [0.5, 0.6) is 0 Å². The van der Waals surface area contributed by atoms with E-state index in [0.717, 1.165) is 17.5 Å². The molecular formula is C20H20N2O2. The lowest BCUT2D eigenvalue weighted by Crippen LogP contribution is -2.31. The largest absolute Gasteiger partial charge is 0.355 e. The van der Waals surface area contributed by atoms with Crippen molar-refractivity contribution in [1.29, 1.82) is 0 Å². The molecule has 0 spiro atoms. The van der Waals surface area contributed by atoms with E-state index in [0.29, 0.717) is 24.5 Å². The molecular weight excluding hydrogens is 300 g/mol. The molecule has 1 amide bonds. The fourth-order valence-electron chi connectivity index (χ4n) is 2.60. The summed E-state index contributed by atoms with van der Waals surface area (Å²) in [5, 5.41) is 3.97. The Morgan fingerprint density at radius 2 is 1.71 bits per heavy atom. The quantitative estimate of drug-likeness (QED) is 0.676. The summed E-state index contributed by atoms with van der Waals surface area (Å²) in [6.45, 7) is 3.31. The van der Waals surface area contributed by atoms with E-state index in [4.69, 9.17) is 4.52 Å². The molecule has 0 bridgehead atoms. The highest BCUT2D eigenvalue weighted by atomic mass is 16.5. The molecule has 0 atom stereocenters. The zero-order valence-corrected chi connectivity index (χ0v) is 13.7. The Morgan fingerprint density at radius 1 is 1.04 bits per heavy atom. The minimum absolute atomic E-state index is 0.105. The van der Waals surface area contributed by atoms with Gasteiger partial charge in [-0.1, -0.05) is 72.7 Å². The van der Waals surface area contributed by atoms with Crippen LogP contribution in [0, 0.1) is 0 Å². The van der Waals surface area contributed by atoms with Crippen LogP contribution in [-0.2, 0) is 6.54 Å². The average Bonchev–Trinajstić information content (AvgIpc) is 3.12. The third-order valence-corrected chi connectivity index (χ3v) is 3.78. The summed E-state index contributed by atoms with van der Waals surface area (Å²) in [4.78, 5) is 14.6. The van der Waals surface area contributed by atoms with Crippen LogP contribution in [0.15, 0.2) is 71.3 Å². The molecule has 2 aromatic carbocycles. The van der Waals surface area contributed by atoms with Crippen molar-refractivity contribution in [2.24, 2.45) is 0 Å². The molecule has 0 unspecified atom stereocenters. The van der Waals surface area contributed by atoms with E-state index in [9.17, 15) is 4.79 Å². The predicted molar refractivity (Wildman–Crippen MR) is 93.4 cm³/mol. The SMILES string of the molecule is CCCN(Cc1ccccc1)C(=O)c1cc(-c2ccccc2)on1. The topological polar surface area (TPSA) is 46.3 Å². The van der Waals surface area contributed by atoms with Gasteiger partial charge in [0.25, 0.3) is 5.91 Å². The highest BCUT2D eigenvalue weighted by Crippen LogP contribution is 2.21. The molecule has 4 heteroatoms. The Hall–Kier alpha value is -2.88. The van der Waals surface area contributed by atoms with Gasteiger partial charge in [-0.2, -0.15) is 0 Å². The van der Waals surface area contributed by atoms with Crippen molar-refractivity contribution in [2.45, 2.75) is 19.9 Å². The summed E-state index contributed by atoms with van der Waals surface area (Å²) in [7, 11) is 0. The maximum Gasteiger partial charge on any atom is 0.276 e. The lowest BCUT2D eigenvalue weighted by Gasteiger charge is -2.21. The molecule has 122 valence electrons. The van der Waals surface area contributed by atoms with Gasteiger partial charge in [0, 0.05) is 24.7 Å². The van der Waals surface area contributed by atoms with Crippen molar-refractivity contribution in [1.82, 2.24) is 10.1 Å². The number of nitrogens with zero attached hydrogens (tertiary/aromatic N) is 2. The minimum atomic E-state index is -0.105. The number of hydrogen-bond donors (Lipinski definition) is 0. The molecule has 1 aromatic heterocycles. The van der Waals surface area contributed by atoms with Crippen LogP contribution >= 0.6 is 0 Å². The monoisotopic (exact) mass is 320 g/mol. The van der Waals surface area contributed by atoms with Crippen LogP contribution in [0.3, 0.4) is 0 Å². The van der Waals surface area contributed by atoms with Gasteiger partial charge in [-0.05, 0) is 12.0 Å². The summed E-state index contributed by atoms with van der Waals surface area (Å²) in [5.41, 5.74) is 2.36. The molecule has 24 heavy (non-hydrogen) atoms. The van der Waals surface area contributed by atoms with Gasteiger partial charge in [0.15, 0.2) is 11.5 Å². The van der Waals surface area contributed by atoms with Gasteiger partial charge in [-0.15, -0.1) is 0 Å². The average molecular weight is 320 g/mol. The molecule has 3 aromatic rings. The number of hydrogen-bond acceptors (Lipinski definition) is 3. The Balaban J connectivity index is 1.79. The number of carbonyl (C=O) groups excluding carboxylic acids is 1. The van der Waals surface area contributed by atoms with Gasteiger partial charge in [0.05, 0.1) is 0 Å². The Labute approximate surface area is 141 Å². The summed E-state index contributed by atoms with van der Waals surface area (Å²) < 4.78 is 5.35. The van der Waals surface area contributed by atoms with Gasteiger partial charge in [0.1, 0.15) is 0 Å². The maximum atomic E-state index is 12.8. The second kappa shape index (κ2) is 7.59. The first-order valence-corrected chi connectivity index (χ1v) is 8.13. The van der Waals surface area contributed by atoms with E-state index >= 15 is 0 Å². The van der Waals surface area contributed by atoms with E-state index in [1.165, 1.54) is 0 Å². The molecule has 0 aliphatic carbocycles. The molecule has 1 heterocycles. The Morgan fingerprint density at radius 3 is 2.38 bits per heavy atom. The van der Waals surface area contributed by atoms with Crippen molar-refractivity contribution in [3.8, 4) is 11.3 Å². The van der Waals surface area contributed by atoms with Crippen molar-refractivity contribution in [2.75, 3.05) is 6.54 Å². The number of benzene rings is 2. The van der Waals surface area contributed by atoms with Gasteiger partial charge < -0.3 is 9.42 Å². The van der Waals surface area contributed by atoms with Crippen molar-refractivity contribution in [3.05, 3.63) is 78.0 Å². The van der Waals surface area contributed by atoms with Crippen LogP contribution < -0.4 is 0 Å². The van der Waals surface area contributed by atoms with E-state index in [2.05, 4.69) is 12.1 Å². The van der Waals surface area contributed by atoms with Crippen LogP contribution in [0.2, 0.25) is 0 Å². The van der Waals surface area contributed by atoms with Crippen LogP contribution in [0.25, 0.3) is 11.3 Å². The van der Waals surface area contributed by atoms with Gasteiger partial charge in [-0.3, -0.25) is 4.79 Å². The zero-order chi connectivity index (χ0) is 16.8. The number of carbonyl (C=O) groups is 1. The molecule has 0 saturated carbocycles. The standard InChI is InChI=1S/C20H20N2O2/c1-2-13-22(15-16-9-5-3-6-10-16)20(23)18-14-19(24-21-18)17-11-7-4-8-12-17/h3-12,14H,2,13,15H2,1H3. The molecule has 3 rings (SSSR count). The summed E-state index contributed by atoms with van der Waals surface area (Å²) in [5.74, 6) is 0.502. The van der Waals surface area contributed by atoms with E-state index < -0.39 is 0 Å². The Kier molecular flexibility index (Phi) is 5.06. The lowest BCUT2D eigenvalue weighted by atomic mass is 10.1. The molecule has 0 aliphatic heterocycles. The first-order valence-electron chi connectivity index (χ1n) is 8.13. The molecule has 0 N–H and O–H groups in total. The second-order valence-corrected chi connectivity index (χ2v) is 5.65. The summed E-state index contributed by atoms with van der Waals surface area (Å²) >= 11 is 0. The van der Waals surface area contributed by atoms with Crippen molar-refractivity contribution < 1.29 is 9.32 Å².